The molecule has 12 heteroatoms. The fourth-order valence-electron chi connectivity index (χ4n) is 2.57. The number of halogens is 5. The molecule has 6 nitrogen and oxygen atoms in total. The van der Waals surface area contributed by atoms with Crippen molar-refractivity contribution >= 4 is 21.8 Å². The summed E-state index contributed by atoms with van der Waals surface area (Å²) in [5.41, 5.74) is -1.99. The van der Waals surface area contributed by atoms with Crippen LogP contribution < -0.4 is 0 Å². The molecule has 0 saturated carbocycles. The normalized spacial score (nSPS) is 21.1. The van der Waals surface area contributed by atoms with Gasteiger partial charge in [0.05, 0.1) is 4.92 Å². The number of likely N-dealkylation sites (N-methyl/N-ethyl adjacent to an activating group) is 1. The summed E-state index contributed by atoms with van der Waals surface area (Å²) in [4.78, 5) is 22.5. The van der Waals surface area contributed by atoms with Crippen LogP contribution in [0.1, 0.15) is 16.8 Å². The zero-order valence-corrected chi connectivity index (χ0v) is 14.1. The second kappa shape index (κ2) is 5.27. The SMILES string of the molecule is CN(C)[C@H]1CCN(C(=O)c2cc([N+](=O)[O-])cc(S(F)(F)(F)(F)F)c2)C1. The Labute approximate surface area is 140 Å². The summed E-state index contributed by atoms with van der Waals surface area (Å²) in [6, 6.07) is 0.293. The summed E-state index contributed by atoms with van der Waals surface area (Å²) in [6.07, 6.45) is 0.558. The maximum absolute atomic E-state index is 13.0. The Kier molecular flexibility index (Phi) is 4.09. The molecule has 0 spiro atoms. The zero-order valence-electron chi connectivity index (χ0n) is 13.3. The molecule has 0 aromatic heterocycles. The van der Waals surface area contributed by atoms with Gasteiger partial charge >= 0.3 is 10.2 Å². The lowest BCUT2D eigenvalue weighted by Gasteiger charge is -2.40. The third-order valence-corrected chi connectivity index (χ3v) is 5.10. The van der Waals surface area contributed by atoms with Crippen LogP contribution in [0.2, 0.25) is 0 Å². The summed E-state index contributed by atoms with van der Waals surface area (Å²) in [5.74, 6) is -0.948. The monoisotopic (exact) mass is 389 g/mol. The van der Waals surface area contributed by atoms with Crippen molar-refractivity contribution in [2.75, 3.05) is 27.2 Å². The Bertz CT molecular complexity index is 738. The van der Waals surface area contributed by atoms with E-state index in [9.17, 15) is 34.3 Å². The molecule has 0 aliphatic carbocycles. The maximum Gasteiger partial charge on any atom is 0.310 e. The van der Waals surface area contributed by atoms with Crippen LogP contribution in [0.5, 0.6) is 0 Å². The van der Waals surface area contributed by atoms with Gasteiger partial charge in [-0.05, 0) is 26.6 Å². The number of hydrogen-bond acceptors (Lipinski definition) is 4. The van der Waals surface area contributed by atoms with Gasteiger partial charge in [0.1, 0.15) is 4.90 Å². The van der Waals surface area contributed by atoms with Gasteiger partial charge in [-0.3, -0.25) is 14.9 Å². The summed E-state index contributed by atoms with van der Waals surface area (Å²) in [6.45, 7) is 0.413. The quantitative estimate of drug-likeness (QED) is 0.443. The standard InChI is InChI=1S/C13H16F5N3O3S/c1-19(2)10-3-4-20(8-10)13(22)9-5-11(21(23)24)7-12(6-9)25(14,15,16,17)18/h5-7,10H,3-4,8H2,1-2H3/t10-/m0/s1. The van der Waals surface area contributed by atoms with Crippen LogP contribution in [0.25, 0.3) is 0 Å². The number of nitro groups is 1. The zero-order chi connectivity index (χ0) is 19.3. The minimum atomic E-state index is -10.2. The fraction of sp³-hybridized carbons (Fsp3) is 0.462. The van der Waals surface area contributed by atoms with Crippen molar-refractivity contribution in [2.45, 2.75) is 17.4 Å². The number of non-ortho nitro benzene ring substituents is 1. The van der Waals surface area contributed by atoms with Crippen LogP contribution in [-0.4, -0.2) is 53.9 Å². The first-order chi connectivity index (χ1) is 11.1. The van der Waals surface area contributed by atoms with E-state index in [1.165, 1.54) is 4.90 Å². The summed E-state index contributed by atoms with van der Waals surface area (Å²) >= 11 is 0. The molecule has 1 heterocycles. The second-order valence-corrected chi connectivity index (χ2v) is 8.51. The number of carbonyl (C=O) groups is 1. The molecule has 1 amide bonds. The van der Waals surface area contributed by atoms with E-state index in [2.05, 4.69) is 0 Å². The maximum atomic E-state index is 13.0. The molecule has 0 unspecified atom stereocenters. The van der Waals surface area contributed by atoms with Gasteiger partial charge in [0, 0.05) is 36.8 Å². The van der Waals surface area contributed by atoms with E-state index >= 15 is 0 Å². The predicted molar refractivity (Wildman–Crippen MR) is 82.5 cm³/mol. The number of likely N-dealkylation sites (tertiary alicyclic amines) is 1. The van der Waals surface area contributed by atoms with Crippen molar-refractivity contribution in [3.05, 3.63) is 33.9 Å². The number of nitrogens with zero attached hydrogens (tertiary/aromatic N) is 3. The molecule has 25 heavy (non-hydrogen) atoms. The topological polar surface area (TPSA) is 66.7 Å². The van der Waals surface area contributed by atoms with Crippen LogP contribution in [0.15, 0.2) is 23.1 Å². The first-order valence-corrected chi connectivity index (χ1v) is 9.03. The van der Waals surface area contributed by atoms with Gasteiger partial charge in [-0.2, -0.15) is 0 Å². The first kappa shape index (κ1) is 19.4. The molecule has 1 aromatic rings. The average Bonchev–Trinajstić information content (AvgIpc) is 2.93. The Balaban J connectivity index is 2.47. The third kappa shape index (κ3) is 4.37. The average molecular weight is 389 g/mol. The summed E-state index contributed by atoms with van der Waals surface area (Å²) in [5, 5.41) is 10.8. The third-order valence-electron chi connectivity index (χ3n) is 3.98. The largest absolute Gasteiger partial charge is 0.337 e. The molecule has 1 aliphatic heterocycles. The van der Waals surface area contributed by atoms with E-state index in [1.807, 2.05) is 4.90 Å². The van der Waals surface area contributed by atoms with Crippen LogP contribution in [0.3, 0.4) is 0 Å². The molecule has 0 N–H and O–H groups in total. The number of benzene rings is 1. The minimum Gasteiger partial charge on any atom is -0.337 e. The highest BCUT2D eigenvalue weighted by atomic mass is 32.5. The summed E-state index contributed by atoms with van der Waals surface area (Å²) < 4.78 is 65.1. The number of nitro benzene ring substituents is 1. The lowest BCUT2D eigenvalue weighted by molar-refractivity contribution is -0.385. The number of amides is 1. The van der Waals surface area contributed by atoms with Crippen molar-refractivity contribution in [1.29, 1.82) is 0 Å². The fourth-order valence-corrected chi connectivity index (χ4v) is 3.26. The first-order valence-electron chi connectivity index (χ1n) is 7.08. The molecule has 1 fully saturated rings. The van der Waals surface area contributed by atoms with E-state index in [0.29, 0.717) is 12.5 Å². The lowest BCUT2D eigenvalue weighted by Crippen LogP contribution is -2.34. The van der Waals surface area contributed by atoms with Crippen LogP contribution >= 0.6 is 10.2 Å². The molecule has 142 valence electrons. The van der Waals surface area contributed by atoms with E-state index in [-0.39, 0.29) is 31.3 Å². The molecule has 1 atom stereocenters. The molecular weight excluding hydrogens is 373 g/mol. The summed E-state index contributed by atoms with van der Waals surface area (Å²) in [7, 11) is -6.64. The molecular formula is C13H16F5N3O3S. The second-order valence-electron chi connectivity index (χ2n) is 6.10. The molecule has 1 aliphatic rings. The molecule has 1 aromatic carbocycles. The highest BCUT2D eigenvalue weighted by Crippen LogP contribution is 3.02. The van der Waals surface area contributed by atoms with Crippen molar-refractivity contribution in [2.24, 2.45) is 0 Å². The Morgan fingerprint density at radius 3 is 2.28 bits per heavy atom. The van der Waals surface area contributed by atoms with Crippen molar-refractivity contribution in [3.8, 4) is 0 Å². The van der Waals surface area contributed by atoms with Gasteiger partial charge in [0.25, 0.3) is 11.6 Å². The van der Waals surface area contributed by atoms with Gasteiger partial charge in [0.15, 0.2) is 0 Å². The Hall–Kier alpha value is -1.95. The minimum absolute atomic E-state index is 0.0140. The van der Waals surface area contributed by atoms with Crippen LogP contribution in [-0.2, 0) is 0 Å². The van der Waals surface area contributed by atoms with Gasteiger partial charge in [-0.1, -0.05) is 19.4 Å². The molecule has 1 saturated heterocycles. The number of rotatable bonds is 4. The number of carbonyl (C=O) groups excluding carboxylic acids is 1. The van der Waals surface area contributed by atoms with E-state index in [0.717, 1.165) is 0 Å². The van der Waals surface area contributed by atoms with E-state index in [1.54, 1.807) is 14.1 Å². The van der Waals surface area contributed by atoms with Gasteiger partial charge in [-0.15, -0.1) is 0 Å². The van der Waals surface area contributed by atoms with Crippen molar-refractivity contribution < 1.29 is 29.1 Å². The van der Waals surface area contributed by atoms with Crippen molar-refractivity contribution in [1.82, 2.24) is 9.80 Å². The lowest BCUT2D eigenvalue weighted by atomic mass is 10.2. The molecule has 0 radical (unpaired) electrons. The van der Waals surface area contributed by atoms with Gasteiger partial charge < -0.3 is 9.80 Å². The van der Waals surface area contributed by atoms with E-state index in [4.69, 9.17) is 0 Å². The van der Waals surface area contributed by atoms with Crippen LogP contribution in [0.4, 0.5) is 25.1 Å². The Morgan fingerprint density at radius 1 is 1.24 bits per heavy atom. The highest BCUT2D eigenvalue weighted by Gasteiger charge is 2.66. The molecule has 2 rings (SSSR count). The van der Waals surface area contributed by atoms with Crippen molar-refractivity contribution in [3.63, 3.8) is 0 Å². The predicted octanol–water partition coefficient (Wildman–Crippen LogP) is 4.03. The number of hydrogen-bond donors (Lipinski definition) is 0. The molecule has 0 bridgehead atoms. The van der Waals surface area contributed by atoms with Gasteiger partial charge in [0.2, 0.25) is 0 Å². The van der Waals surface area contributed by atoms with E-state index < -0.39 is 37.2 Å². The highest BCUT2D eigenvalue weighted by molar-refractivity contribution is 8.45. The Morgan fingerprint density at radius 2 is 1.84 bits per heavy atom. The van der Waals surface area contributed by atoms with Gasteiger partial charge in [-0.25, -0.2) is 0 Å². The smallest absolute Gasteiger partial charge is 0.310 e. The van der Waals surface area contributed by atoms with Crippen LogP contribution in [0, 0.1) is 10.1 Å².